The van der Waals surface area contributed by atoms with Crippen molar-refractivity contribution in [2.75, 3.05) is 19.8 Å². The molecule has 0 aromatic heterocycles. The second kappa shape index (κ2) is 17.2. The molecule has 3 rings (SSSR count). The topological polar surface area (TPSA) is 104 Å². The van der Waals surface area contributed by atoms with Crippen molar-refractivity contribution in [2.24, 2.45) is 59.2 Å². The highest BCUT2D eigenvalue weighted by molar-refractivity contribution is 7.89. The van der Waals surface area contributed by atoms with Crippen LogP contribution in [-0.2, 0) is 19.6 Å². The summed E-state index contributed by atoms with van der Waals surface area (Å²) in [6.07, 6.45) is -5.53. The van der Waals surface area contributed by atoms with Gasteiger partial charge in [-0.05, 0) is 93.3 Å². The Bertz CT molecular complexity index is 1130. The third-order valence-corrected chi connectivity index (χ3v) is 15.4. The van der Waals surface area contributed by atoms with Crippen LogP contribution in [0.25, 0.3) is 0 Å². The van der Waals surface area contributed by atoms with Crippen LogP contribution in [0.2, 0.25) is 0 Å². The van der Waals surface area contributed by atoms with Gasteiger partial charge in [0, 0.05) is 30.5 Å². The molecule has 13 unspecified atom stereocenters. The molecule has 0 spiro atoms. The minimum Gasteiger partial charge on any atom is -0.481 e. The number of aliphatic hydroxyl groups is 1. The van der Waals surface area contributed by atoms with Crippen molar-refractivity contribution in [2.45, 2.75) is 135 Å². The predicted molar refractivity (Wildman–Crippen MR) is 180 cm³/mol. The molecular weight excluding hydrogens is 674 g/mol. The molecule has 1 saturated heterocycles. The number of sulfonamides is 1. The molecule has 2 aliphatic carbocycles. The van der Waals surface area contributed by atoms with E-state index in [4.69, 9.17) is 16.3 Å². The SMILES string of the molecule is CC(O)C(CN([C@H](CC(C)C1C(C)C(F)CCC(Cl)C1C)C(C)C)S(=O)(=O)C1CCCC(C(F)(F)F)C1)C1COCCC(C(=O)O)C1C. The summed E-state index contributed by atoms with van der Waals surface area (Å²) in [6.45, 7) is 13.1. The van der Waals surface area contributed by atoms with E-state index < -0.39 is 81.7 Å². The summed E-state index contributed by atoms with van der Waals surface area (Å²) < 4.78 is 93.9. The van der Waals surface area contributed by atoms with Gasteiger partial charge in [-0.25, -0.2) is 12.8 Å². The molecule has 282 valence electrons. The van der Waals surface area contributed by atoms with Gasteiger partial charge in [0.15, 0.2) is 0 Å². The van der Waals surface area contributed by atoms with Crippen molar-refractivity contribution < 1.29 is 45.7 Å². The van der Waals surface area contributed by atoms with Crippen LogP contribution in [0.3, 0.4) is 0 Å². The maximum atomic E-state index is 15.3. The van der Waals surface area contributed by atoms with Crippen LogP contribution in [0.1, 0.15) is 99.8 Å². The number of hydrogen-bond acceptors (Lipinski definition) is 5. The van der Waals surface area contributed by atoms with E-state index in [1.54, 1.807) is 13.8 Å². The highest BCUT2D eigenvalue weighted by atomic mass is 35.5. The fourth-order valence-electron chi connectivity index (χ4n) is 9.29. The second-order valence-corrected chi connectivity index (χ2v) is 18.5. The first-order valence-electron chi connectivity index (χ1n) is 18.0. The van der Waals surface area contributed by atoms with Crippen molar-refractivity contribution in [3.8, 4) is 0 Å². The van der Waals surface area contributed by atoms with Gasteiger partial charge in [0.25, 0.3) is 0 Å². The lowest BCUT2D eigenvalue weighted by Gasteiger charge is -2.45. The first-order valence-corrected chi connectivity index (χ1v) is 20.0. The zero-order chi connectivity index (χ0) is 36.3. The van der Waals surface area contributed by atoms with E-state index in [9.17, 15) is 36.6 Å². The number of aliphatic hydroxyl groups excluding tert-OH is 1. The van der Waals surface area contributed by atoms with Crippen LogP contribution in [0.5, 0.6) is 0 Å². The lowest BCUT2D eigenvalue weighted by atomic mass is 9.71. The van der Waals surface area contributed by atoms with Gasteiger partial charge in [0.05, 0.1) is 29.8 Å². The molecule has 14 atom stereocenters. The van der Waals surface area contributed by atoms with E-state index in [-0.39, 0.29) is 80.4 Å². The number of halogens is 5. The summed E-state index contributed by atoms with van der Waals surface area (Å²) in [4.78, 5) is 12.2. The summed E-state index contributed by atoms with van der Waals surface area (Å²) in [5, 5.41) is 19.7. The molecule has 0 amide bonds. The first-order chi connectivity index (χ1) is 22.2. The quantitative estimate of drug-likeness (QED) is 0.121. The van der Waals surface area contributed by atoms with Gasteiger partial charge in [-0.15, -0.1) is 11.6 Å². The molecule has 48 heavy (non-hydrogen) atoms. The third-order valence-electron chi connectivity index (χ3n) is 12.4. The van der Waals surface area contributed by atoms with Crippen LogP contribution in [0, 0.1) is 59.2 Å². The van der Waals surface area contributed by atoms with E-state index in [1.807, 2.05) is 34.6 Å². The number of rotatable bonds is 12. The Morgan fingerprint density at radius 3 is 2.21 bits per heavy atom. The maximum Gasteiger partial charge on any atom is 0.391 e. The van der Waals surface area contributed by atoms with Crippen LogP contribution in [-0.4, -0.2) is 83.8 Å². The number of nitrogens with zero attached hydrogens (tertiary/aromatic N) is 1. The molecule has 1 aliphatic heterocycles. The van der Waals surface area contributed by atoms with Gasteiger partial charge in [-0.2, -0.15) is 17.5 Å². The molecule has 0 radical (unpaired) electrons. The summed E-state index contributed by atoms with van der Waals surface area (Å²) >= 11 is 6.73. The van der Waals surface area contributed by atoms with Crippen LogP contribution >= 0.6 is 11.6 Å². The Morgan fingerprint density at radius 1 is 1.00 bits per heavy atom. The minimum absolute atomic E-state index is 0.0386. The number of carboxylic acid groups (broad SMARTS) is 1. The zero-order valence-electron chi connectivity index (χ0n) is 29.7. The van der Waals surface area contributed by atoms with Crippen LogP contribution in [0.15, 0.2) is 0 Å². The Balaban J connectivity index is 2.09. The highest BCUT2D eigenvalue weighted by Gasteiger charge is 2.50. The van der Waals surface area contributed by atoms with Crippen LogP contribution < -0.4 is 0 Å². The van der Waals surface area contributed by atoms with Crippen LogP contribution in [0.4, 0.5) is 17.6 Å². The van der Waals surface area contributed by atoms with Gasteiger partial charge in [-0.1, -0.05) is 48.0 Å². The summed E-state index contributed by atoms with van der Waals surface area (Å²) in [6, 6.07) is -0.663. The lowest BCUT2D eigenvalue weighted by molar-refractivity contribution is -0.181. The molecule has 2 N–H and O–H groups in total. The Hall–Kier alpha value is -0.690. The first kappa shape index (κ1) is 41.7. The van der Waals surface area contributed by atoms with Crippen molar-refractivity contribution in [3.05, 3.63) is 0 Å². The number of hydrogen-bond donors (Lipinski definition) is 2. The summed E-state index contributed by atoms with van der Waals surface area (Å²) in [5.74, 6) is -6.13. The van der Waals surface area contributed by atoms with Gasteiger partial charge in [0.2, 0.25) is 10.0 Å². The number of alkyl halides is 5. The van der Waals surface area contributed by atoms with E-state index in [0.717, 1.165) is 0 Å². The normalized spacial score (nSPS) is 37.0. The molecule has 0 aromatic rings. The predicted octanol–water partition coefficient (Wildman–Crippen LogP) is 7.79. The third kappa shape index (κ3) is 9.79. The fourth-order valence-corrected chi connectivity index (χ4v) is 12.0. The molecule has 3 fully saturated rings. The molecule has 3 aliphatic rings. The lowest BCUT2D eigenvalue weighted by Crippen LogP contribution is -2.54. The molecule has 0 aromatic carbocycles. The summed E-state index contributed by atoms with van der Waals surface area (Å²) in [5.41, 5.74) is 0. The fraction of sp³-hybridized carbons (Fsp3) is 0.971. The maximum absolute atomic E-state index is 15.3. The molecular formula is C35H60ClF4NO6S. The van der Waals surface area contributed by atoms with Gasteiger partial charge in [-0.3, -0.25) is 4.79 Å². The Labute approximate surface area is 290 Å². The molecule has 2 saturated carbocycles. The number of aliphatic carboxylic acids is 1. The van der Waals surface area contributed by atoms with Crippen molar-refractivity contribution in [1.82, 2.24) is 4.31 Å². The van der Waals surface area contributed by atoms with E-state index in [1.165, 1.54) is 4.31 Å². The average molecular weight is 734 g/mol. The monoisotopic (exact) mass is 733 g/mol. The molecule has 1 heterocycles. The van der Waals surface area contributed by atoms with Crippen molar-refractivity contribution >= 4 is 27.6 Å². The highest BCUT2D eigenvalue weighted by Crippen LogP contribution is 2.46. The standard InChI is InChI=1S/C35H60ClF4NO6S/c1-19(2)32(15-20(3)33-22(5)30(36)11-12-31(37)23(33)6)41(48(45,46)26-10-8-9-25(16-26)35(38,39)40)17-28(24(7)42)29-18-47-14-13-27(21(29)4)34(43)44/h19-33,42H,8-18H2,1-7H3,(H,43,44)/t20?,21?,22?,23?,24?,25?,26?,27?,28?,29?,30?,31?,32-,33?/m1/s1. The van der Waals surface area contributed by atoms with E-state index >= 15 is 4.39 Å². The molecule has 0 bridgehead atoms. The van der Waals surface area contributed by atoms with Gasteiger partial charge >= 0.3 is 12.1 Å². The molecule has 7 nitrogen and oxygen atoms in total. The van der Waals surface area contributed by atoms with Gasteiger partial charge in [0.1, 0.15) is 6.17 Å². The Kier molecular flexibility index (Phi) is 15.0. The van der Waals surface area contributed by atoms with Crippen molar-refractivity contribution in [1.29, 1.82) is 0 Å². The summed E-state index contributed by atoms with van der Waals surface area (Å²) in [7, 11) is -4.35. The second-order valence-electron chi connectivity index (χ2n) is 15.8. The van der Waals surface area contributed by atoms with Gasteiger partial charge < -0.3 is 14.9 Å². The van der Waals surface area contributed by atoms with E-state index in [2.05, 4.69) is 0 Å². The Morgan fingerprint density at radius 2 is 1.65 bits per heavy atom. The average Bonchev–Trinajstić information content (AvgIpc) is 3.24. The van der Waals surface area contributed by atoms with Crippen molar-refractivity contribution in [3.63, 3.8) is 0 Å². The van der Waals surface area contributed by atoms with E-state index in [0.29, 0.717) is 19.3 Å². The number of carboxylic acids is 1. The smallest absolute Gasteiger partial charge is 0.391 e. The zero-order valence-corrected chi connectivity index (χ0v) is 31.3. The largest absolute Gasteiger partial charge is 0.481 e. The number of carbonyl (C=O) groups is 1. The minimum atomic E-state index is -4.52. The molecule has 13 heteroatoms. The number of ether oxygens (including phenoxy) is 1.